The molecule has 0 bridgehead atoms. The Kier molecular flexibility index (Phi) is 3.16. The first-order valence-corrected chi connectivity index (χ1v) is 6.19. The van der Waals surface area contributed by atoms with Gasteiger partial charge in [-0.05, 0) is 31.5 Å². The van der Waals surface area contributed by atoms with Crippen molar-refractivity contribution >= 4 is 0 Å². The molecule has 1 aromatic carbocycles. The van der Waals surface area contributed by atoms with Crippen molar-refractivity contribution in [1.29, 1.82) is 0 Å². The zero-order valence-corrected chi connectivity index (χ0v) is 10.5. The first-order chi connectivity index (χ1) is 9.28. The van der Waals surface area contributed by atoms with E-state index in [1.807, 2.05) is 0 Å². The number of rotatable bonds is 3. The number of ether oxygens (including phenoxy) is 1. The summed E-state index contributed by atoms with van der Waals surface area (Å²) >= 11 is 0. The van der Waals surface area contributed by atoms with E-state index in [2.05, 4.69) is 15.5 Å². The molecule has 2 aromatic rings. The normalized spacial score (nSPS) is 18.7. The molecule has 1 aromatic heterocycles. The molecule has 0 aliphatic carbocycles. The van der Waals surface area contributed by atoms with E-state index in [-0.39, 0.29) is 11.9 Å². The van der Waals surface area contributed by atoms with Crippen molar-refractivity contribution in [3.05, 3.63) is 29.9 Å². The van der Waals surface area contributed by atoms with Crippen LogP contribution in [-0.4, -0.2) is 23.8 Å². The summed E-state index contributed by atoms with van der Waals surface area (Å²) in [7, 11) is 1.49. The molecule has 5 nitrogen and oxygen atoms in total. The minimum Gasteiger partial charge on any atom is -0.497 e. The molecule has 2 heterocycles. The zero-order valence-electron chi connectivity index (χ0n) is 10.5. The van der Waals surface area contributed by atoms with Crippen LogP contribution in [0.15, 0.2) is 22.7 Å². The molecule has 1 fully saturated rings. The Morgan fingerprint density at radius 2 is 2.37 bits per heavy atom. The second-order valence-electron chi connectivity index (χ2n) is 4.45. The second kappa shape index (κ2) is 4.97. The Morgan fingerprint density at radius 3 is 3.05 bits per heavy atom. The molecule has 0 amide bonds. The molecule has 1 aliphatic heterocycles. The molecule has 0 radical (unpaired) electrons. The summed E-state index contributed by atoms with van der Waals surface area (Å²) in [6.07, 6.45) is 2.05. The fraction of sp³-hybridized carbons (Fsp3) is 0.385. The highest BCUT2D eigenvalue weighted by Gasteiger charge is 2.23. The molecule has 19 heavy (non-hydrogen) atoms. The second-order valence-corrected chi connectivity index (χ2v) is 4.45. The standard InChI is InChI=1S/C13H14FN3O2/c1-18-8-4-5-9(10(14)7-8)12-16-13(19-17-12)11-3-2-6-15-11/h4-5,7,11,15H,2-3,6H2,1H3/t11-/m0/s1. The van der Waals surface area contributed by atoms with Gasteiger partial charge in [-0.15, -0.1) is 0 Å². The number of benzene rings is 1. The van der Waals surface area contributed by atoms with E-state index < -0.39 is 5.82 Å². The Hall–Kier alpha value is -1.95. The largest absolute Gasteiger partial charge is 0.497 e. The van der Waals surface area contributed by atoms with E-state index in [1.165, 1.54) is 13.2 Å². The number of halogens is 1. The van der Waals surface area contributed by atoms with Gasteiger partial charge in [-0.1, -0.05) is 5.16 Å². The third-order valence-electron chi connectivity index (χ3n) is 3.22. The van der Waals surface area contributed by atoms with E-state index >= 15 is 0 Å². The summed E-state index contributed by atoms with van der Waals surface area (Å²) in [5, 5.41) is 7.10. The van der Waals surface area contributed by atoms with Crippen LogP contribution in [0, 0.1) is 5.82 Å². The van der Waals surface area contributed by atoms with Crippen molar-refractivity contribution in [1.82, 2.24) is 15.5 Å². The quantitative estimate of drug-likeness (QED) is 0.920. The SMILES string of the molecule is COc1ccc(-c2noc([C@@H]3CCCN3)n2)c(F)c1. The monoisotopic (exact) mass is 263 g/mol. The highest BCUT2D eigenvalue weighted by atomic mass is 19.1. The molecule has 0 unspecified atom stereocenters. The first-order valence-electron chi connectivity index (χ1n) is 6.19. The fourth-order valence-corrected chi connectivity index (χ4v) is 2.19. The van der Waals surface area contributed by atoms with Gasteiger partial charge in [-0.2, -0.15) is 4.98 Å². The van der Waals surface area contributed by atoms with Gasteiger partial charge in [0.05, 0.1) is 18.7 Å². The topological polar surface area (TPSA) is 60.2 Å². The van der Waals surface area contributed by atoms with Gasteiger partial charge in [0.25, 0.3) is 0 Å². The average molecular weight is 263 g/mol. The maximum Gasteiger partial charge on any atom is 0.244 e. The van der Waals surface area contributed by atoms with Crippen molar-refractivity contribution < 1.29 is 13.7 Å². The molecule has 1 saturated heterocycles. The van der Waals surface area contributed by atoms with Gasteiger partial charge in [0.2, 0.25) is 11.7 Å². The fourth-order valence-electron chi connectivity index (χ4n) is 2.19. The van der Waals surface area contributed by atoms with E-state index in [0.717, 1.165) is 19.4 Å². The van der Waals surface area contributed by atoms with E-state index in [9.17, 15) is 4.39 Å². The molecule has 3 rings (SSSR count). The van der Waals surface area contributed by atoms with Crippen molar-refractivity contribution in [3.8, 4) is 17.1 Å². The van der Waals surface area contributed by atoms with Crippen LogP contribution >= 0.6 is 0 Å². The number of methoxy groups -OCH3 is 1. The van der Waals surface area contributed by atoms with Crippen LogP contribution in [-0.2, 0) is 0 Å². The smallest absolute Gasteiger partial charge is 0.244 e. The van der Waals surface area contributed by atoms with Gasteiger partial charge in [0.1, 0.15) is 11.6 Å². The summed E-state index contributed by atoms with van der Waals surface area (Å²) in [5.41, 5.74) is 0.314. The lowest BCUT2D eigenvalue weighted by molar-refractivity contribution is 0.344. The maximum absolute atomic E-state index is 13.9. The Bertz CT molecular complexity index is 579. The lowest BCUT2D eigenvalue weighted by Crippen LogP contribution is -2.12. The predicted octanol–water partition coefficient (Wildman–Crippen LogP) is 2.31. The van der Waals surface area contributed by atoms with Crippen molar-refractivity contribution in [2.75, 3.05) is 13.7 Å². The van der Waals surface area contributed by atoms with Gasteiger partial charge in [-0.3, -0.25) is 0 Å². The Morgan fingerprint density at radius 1 is 1.47 bits per heavy atom. The van der Waals surface area contributed by atoms with Gasteiger partial charge in [0, 0.05) is 6.07 Å². The molecular formula is C13H14FN3O2. The van der Waals surface area contributed by atoms with E-state index in [1.54, 1.807) is 12.1 Å². The molecule has 0 spiro atoms. The molecule has 100 valence electrons. The van der Waals surface area contributed by atoms with Crippen LogP contribution in [0.2, 0.25) is 0 Å². The summed E-state index contributed by atoms with van der Waals surface area (Å²) in [5.74, 6) is 0.820. The number of hydrogen-bond donors (Lipinski definition) is 1. The minimum atomic E-state index is -0.425. The van der Waals surface area contributed by atoms with Crippen LogP contribution in [0.25, 0.3) is 11.4 Å². The maximum atomic E-state index is 13.9. The van der Waals surface area contributed by atoms with Crippen LogP contribution in [0.4, 0.5) is 4.39 Å². The van der Waals surface area contributed by atoms with Gasteiger partial charge in [-0.25, -0.2) is 4.39 Å². The number of nitrogens with zero attached hydrogens (tertiary/aromatic N) is 2. The summed E-state index contributed by atoms with van der Waals surface area (Å²) in [6.45, 7) is 0.944. The number of nitrogens with one attached hydrogen (secondary N) is 1. The summed E-state index contributed by atoms with van der Waals surface area (Å²) in [6, 6.07) is 4.65. The Labute approximate surface area is 109 Å². The lowest BCUT2D eigenvalue weighted by atomic mass is 10.2. The number of aromatic nitrogens is 2. The average Bonchev–Trinajstić information content (AvgIpc) is 3.09. The van der Waals surface area contributed by atoms with Gasteiger partial charge < -0.3 is 14.6 Å². The van der Waals surface area contributed by atoms with Gasteiger partial charge in [0.15, 0.2) is 0 Å². The molecule has 0 saturated carbocycles. The molecule has 6 heteroatoms. The zero-order chi connectivity index (χ0) is 13.2. The van der Waals surface area contributed by atoms with E-state index in [0.29, 0.717) is 17.2 Å². The van der Waals surface area contributed by atoms with Crippen molar-refractivity contribution in [2.45, 2.75) is 18.9 Å². The molecule has 1 N–H and O–H groups in total. The molecule has 1 atom stereocenters. The number of hydrogen-bond acceptors (Lipinski definition) is 5. The van der Waals surface area contributed by atoms with Crippen LogP contribution in [0.3, 0.4) is 0 Å². The summed E-state index contributed by atoms with van der Waals surface area (Å²) < 4.78 is 24.0. The highest BCUT2D eigenvalue weighted by molar-refractivity contribution is 5.56. The highest BCUT2D eigenvalue weighted by Crippen LogP contribution is 2.27. The van der Waals surface area contributed by atoms with Crippen LogP contribution < -0.4 is 10.1 Å². The predicted molar refractivity (Wildman–Crippen MR) is 66.2 cm³/mol. The molecular weight excluding hydrogens is 249 g/mol. The van der Waals surface area contributed by atoms with Gasteiger partial charge >= 0.3 is 0 Å². The summed E-state index contributed by atoms with van der Waals surface area (Å²) in [4.78, 5) is 4.26. The lowest BCUT2D eigenvalue weighted by Gasteiger charge is -2.02. The first kappa shape index (κ1) is 12.1. The van der Waals surface area contributed by atoms with Crippen molar-refractivity contribution in [3.63, 3.8) is 0 Å². The molecule has 1 aliphatic rings. The Balaban J connectivity index is 1.89. The van der Waals surface area contributed by atoms with E-state index in [4.69, 9.17) is 9.26 Å². The van der Waals surface area contributed by atoms with Crippen molar-refractivity contribution in [2.24, 2.45) is 0 Å². The van der Waals surface area contributed by atoms with Crippen LogP contribution in [0.1, 0.15) is 24.8 Å². The van der Waals surface area contributed by atoms with Crippen LogP contribution in [0.5, 0.6) is 5.75 Å². The third-order valence-corrected chi connectivity index (χ3v) is 3.22. The third kappa shape index (κ3) is 2.31. The minimum absolute atomic E-state index is 0.0857.